The summed E-state index contributed by atoms with van der Waals surface area (Å²) < 4.78 is 29.8. The molecular weight excluding hydrogens is 1260 g/mol. The number of rotatable bonds is 26. The third-order valence-corrected chi connectivity index (χ3v) is 18.6. The number of carbonyl (C=O) groups excluding carboxylic acids is 10. The number of unbranched alkanes of at least 4 members (excludes halogenated alkanes) is 1. The van der Waals surface area contributed by atoms with Crippen molar-refractivity contribution in [1.29, 1.82) is 0 Å². The number of hydrogen-bond acceptors (Lipinski definition) is 16. The SMILES string of the molecule is C=C(CBr)C(=O)OC(C)(C)CCCCC(=O)C[C@H](C(=O)N[C@@H](CCCNC(N)=O)C(=O)Cc1ccc(C(=O)N(C)[C@@H](C)C(=O)O[C@H]2CC(=O)N(C)c3cc(cc(C)c3Cl)C/C(C)=C/C=C/[C@@H](OC)[C@]3(O)CC(=O)O[C@@H](C3)[C@@H](C)[C@@H]3O[C@@]23C)cc1C(=O)NC)C(C)C. The third-order valence-electron chi connectivity index (χ3n) is 17.5. The normalized spacial score (nSPS) is 23.8. The van der Waals surface area contributed by atoms with Gasteiger partial charge in [0.25, 0.3) is 11.8 Å². The fourth-order valence-electron chi connectivity index (χ4n) is 11.6. The standard InChI is InChI=1S/C67H92BrClN6O16/c1-37(2)47(32-46(76)20-15-16-25-65(8,9)91-62(83)40(5)36-68)60(81)73-49(21-18-26-72-64(70)85)51(77)31-44-23-24-45(30-48(44)59(80)71-11)61(82)74(12)42(7)63(84)89-54-33-55(78)75(13)50-29-43(28-39(4)57(50)69)27-38(3)19-17-22-53(87-14)67(86)34-52(88-56(79)35-67)41(6)58-66(54,10)90-58/h17,19,22-24,28-30,37,41-42,47,49,52-54,58,86H,5,15-16,18,20-21,25-27,31-36H2,1-4,6-14H3,(H,71,80)(H,73,81)(H3,70,72,85)/b22-17+,38-19+/t41-,42+,47+,49+,52+,53-,54+,58+,66+,67-/m1/s1. The first-order valence-corrected chi connectivity index (χ1v) is 32.3. The van der Waals surface area contributed by atoms with Gasteiger partial charge in [-0.2, -0.15) is 0 Å². The average molecular weight is 1350 g/mol. The van der Waals surface area contributed by atoms with Gasteiger partial charge < -0.3 is 60.3 Å². The van der Waals surface area contributed by atoms with E-state index < -0.39 is 131 Å². The number of fused-ring (bicyclic) bond motifs is 5. The van der Waals surface area contributed by atoms with Gasteiger partial charge in [-0.25, -0.2) is 14.4 Å². The summed E-state index contributed by atoms with van der Waals surface area (Å²) in [5.74, 6) is -6.93. The fourth-order valence-corrected chi connectivity index (χ4v) is 12.0. The summed E-state index contributed by atoms with van der Waals surface area (Å²) in [6, 6.07) is 4.58. The minimum absolute atomic E-state index is 0.0266. The molecule has 6 amide bonds. The lowest BCUT2D eigenvalue weighted by Crippen LogP contribution is -2.53. The smallest absolute Gasteiger partial charge is 0.334 e. The molecule has 6 N–H and O–H groups in total. The number of alkyl halides is 1. The van der Waals surface area contributed by atoms with E-state index >= 15 is 0 Å². The predicted octanol–water partition coefficient (Wildman–Crippen LogP) is 7.85. The monoisotopic (exact) mass is 1350 g/mol. The number of halogens is 2. The molecule has 22 nitrogen and oxygen atoms in total. The maximum atomic E-state index is 14.6. The molecule has 0 saturated carbocycles. The lowest BCUT2D eigenvalue weighted by Gasteiger charge is -2.41. The van der Waals surface area contributed by atoms with Crippen molar-refractivity contribution in [2.75, 3.05) is 45.0 Å². The highest BCUT2D eigenvalue weighted by molar-refractivity contribution is 9.09. The van der Waals surface area contributed by atoms with Crippen LogP contribution in [0.1, 0.15) is 157 Å². The zero-order valence-corrected chi connectivity index (χ0v) is 57.1. The van der Waals surface area contributed by atoms with E-state index in [4.69, 9.17) is 41.0 Å². The van der Waals surface area contributed by atoms with Crippen molar-refractivity contribution < 1.29 is 76.7 Å². The van der Waals surface area contributed by atoms with Crippen molar-refractivity contribution in [3.63, 3.8) is 0 Å². The van der Waals surface area contributed by atoms with Gasteiger partial charge in [0.1, 0.15) is 46.9 Å². The van der Waals surface area contributed by atoms with Crippen molar-refractivity contribution in [3.05, 3.63) is 99.1 Å². The predicted molar refractivity (Wildman–Crippen MR) is 346 cm³/mol. The van der Waals surface area contributed by atoms with Gasteiger partial charge in [-0.05, 0) is 121 Å². The molecule has 2 aromatic rings. The number of nitrogens with one attached hydrogen (secondary N) is 3. The second-order valence-corrected chi connectivity index (χ2v) is 26.5. The summed E-state index contributed by atoms with van der Waals surface area (Å²) in [5, 5.41) is 20.5. The number of carbonyl (C=O) groups is 10. The number of Topliss-reactive ketones (excluding diaryl/α,β-unsaturated/α-hetero) is 2. The number of urea groups is 1. The van der Waals surface area contributed by atoms with Crippen LogP contribution >= 0.6 is 27.5 Å². The number of nitrogens with zero attached hydrogens (tertiary/aromatic N) is 2. The molecule has 0 aliphatic carbocycles. The average Bonchev–Trinajstić information content (AvgIpc) is 1.58. The minimum Gasteiger partial charge on any atom is -0.462 e. The number of esters is 3. The highest BCUT2D eigenvalue weighted by atomic mass is 79.9. The van der Waals surface area contributed by atoms with E-state index in [9.17, 15) is 53.1 Å². The molecule has 0 radical (unpaired) electrons. The van der Waals surface area contributed by atoms with Crippen LogP contribution in [0.5, 0.6) is 0 Å². The maximum absolute atomic E-state index is 14.6. The number of ketones is 2. The molecule has 5 rings (SSSR count). The number of anilines is 1. The van der Waals surface area contributed by atoms with Gasteiger partial charge in [0.05, 0.1) is 35.7 Å². The highest BCUT2D eigenvalue weighted by Crippen LogP contribution is 2.50. The Kier molecular flexibility index (Phi) is 26.9. The molecule has 2 aromatic carbocycles. The second kappa shape index (κ2) is 32.7. The van der Waals surface area contributed by atoms with Crippen LogP contribution in [0.15, 0.2) is 66.3 Å². The van der Waals surface area contributed by atoms with Crippen LogP contribution in [0.4, 0.5) is 10.5 Å². The van der Waals surface area contributed by atoms with Gasteiger partial charge >= 0.3 is 23.9 Å². The van der Waals surface area contributed by atoms with Gasteiger partial charge in [-0.3, -0.25) is 33.6 Å². The van der Waals surface area contributed by atoms with Crippen LogP contribution in [0.3, 0.4) is 0 Å². The summed E-state index contributed by atoms with van der Waals surface area (Å²) in [4.78, 5) is 139. The number of aliphatic hydroxyl groups is 1. The molecule has 2 fully saturated rings. The number of amides is 6. The molecule has 2 saturated heterocycles. The van der Waals surface area contributed by atoms with Crippen molar-refractivity contribution in [2.24, 2.45) is 23.5 Å². The van der Waals surface area contributed by atoms with Crippen molar-refractivity contribution in [3.8, 4) is 0 Å². The molecule has 24 heteroatoms. The number of primary amides is 1. The van der Waals surface area contributed by atoms with Gasteiger partial charge in [-0.15, -0.1) is 0 Å². The van der Waals surface area contributed by atoms with Crippen LogP contribution in [-0.2, 0) is 70.1 Å². The maximum Gasteiger partial charge on any atom is 0.334 e. The Morgan fingerprint density at radius 1 is 1.04 bits per heavy atom. The summed E-state index contributed by atoms with van der Waals surface area (Å²) >= 11 is 10.1. The van der Waals surface area contributed by atoms with Gasteiger partial charge in [0.2, 0.25) is 11.8 Å². The number of allylic oxidation sites excluding steroid dienone is 3. The molecule has 0 spiro atoms. The Labute approximate surface area is 547 Å². The Bertz CT molecular complexity index is 3150. The zero-order valence-electron chi connectivity index (χ0n) is 54.7. The minimum atomic E-state index is -1.67. The second-order valence-electron chi connectivity index (χ2n) is 25.5. The number of hydrogen-bond donors (Lipinski definition) is 5. The van der Waals surface area contributed by atoms with Gasteiger partial charge in [-0.1, -0.05) is 90.8 Å². The lowest BCUT2D eigenvalue weighted by atomic mass is 9.78. The number of aryl methyl sites for hydroxylation is 1. The van der Waals surface area contributed by atoms with Crippen LogP contribution < -0.4 is 26.6 Å². The topological polar surface area (TPSA) is 309 Å². The number of epoxide rings is 1. The molecule has 500 valence electrons. The summed E-state index contributed by atoms with van der Waals surface area (Å²) in [7, 11) is 5.73. The summed E-state index contributed by atoms with van der Waals surface area (Å²) in [6.07, 6.45) is 2.60. The zero-order chi connectivity index (χ0) is 68.0. The molecule has 91 heavy (non-hydrogen) atoms. The van der Waals surface area contributed by atoms with Crippen molar-refractivity contribution >= 4 is 92.4 Å². The van der Waals surface area contributed by atoms with E-state index in [1.807, 2.05) is 32.1 Å². The quantitative estimate of drug-likeness (QED) is 0.0150. The van der Waals surface area contributed by atoms with Crippen molar-refractivity contribution in [2.45, 2.75) is 193 Å². The number of likely N-dealkylation sites (N-methyl/N-ethyl adjacent to an activating group) is 1. The van der Waals surface area contributed by atoms with Gasteiger partial charge in [0, 0.05) is 94.3 Å². The lowest BCUT2D eigenvalue weighted by molar-refractivity contribution is -0.187. The number of ether oxygens (including phenoxy) is 5. The van der Waals surface area contributed by atoms with Gasteiger partial charge in [0.15, 0.2) is 5.78 Å². The number of nitrogens with two attached hydrogens (primary N) is 1. The van der Waals surface area contributed by atoms with Crippen molar-refractivity contribution in [1.82, 2.24) is 20.9 Å². The largest absolute Gasteiger partial charge is 0.462 e. The molecule has 4 bridgehead atoms. The molecule has 0 unspecified atom stereocenters. The van der Waals surface area contributed by atoms with Crippen LogP contribution in [0.2, 0.25) is 5.02 Å². The molecule has 3 aliphatic heterocycles. The van der Waals surface area contributed by atoms with Crippen LogP contribution in [0, 0.1) is 24.7 Å². The van der Waals surface area contributed by atoms with E-state index in [0.717, 1.165) is 16.0 Å². The summed E-state index contributed by atoms with van der Waals surface area (Å²) in [5.41, 5.74) is 4.75. The van der Waals surface area contributed by atoms with E-state index in [2.05, 4.69) is 38.5 Å². The first-order valence-electron chi connectivity index (χ1n) is 30.8. The first kappa shape index (κ1) is 74.9. The molecule has 3 aliphatic rings. The molecule has 3 heterocycles. The fraction of sp³-hybridized carbons (Fsp3) is 0.582. The first-order chi connectivity index (χ1) is 42.6. The Hall–Kier alpha value is -6.79. The molecule has 0 aromatic heterocycles. The summed E-state index contributed by atoms with van der Waals surface area (Å²) in [6.45, 7) is 19.5. The van der Waals surface area contributed by atoms with E-state index in [1.165, 1.54) is 51.2 Å². The Morgan fingerprint density at radius 3 is 2.37 bits per heavy atom. The van der Waals surface area contributed by atoms with E-state index in [0.29, 0.717) is 42.0 Å². The third kappa shape index (κ3) is 20.1. The van der Waals surface area contributed by atoms with Crippen LogP contribution in [-0.4, -0.2) is 163 Å². The number of benzene rings is 2. The molecule has 10 atom stereocenters. The highest BCUT2D eigenvalue weighted by Gasteiger charge is 2.64. The Morgan fingerprint density at radius 2 is 1.74 bits per heavy atom. The number of methoxy groups -OCH3 is 1. The van der Waals surface area contributed by atoms with E-state index in [1.54, 1.807) is 60.7 Å². The van der Waals surface area contributed by atoms with Crippen LogP contribution in [0.25, 0.3) is 0 Å². The molecular formula is C67H92BrClN6O16. The van der Waals surface area contributed by atoms with E-state index in [-0.39, 0.29) is 84.4 Å². The Balaban J connectivity index is 1.37.